The summed E-state index contributed by atoms with van der Waals surface area (Å²) in [6.45, 7) is 1.53. The third kappa shape index (κ3) is 4.80. The predicted molar refractivity (Wildman–Crippen MR) is 123 cm³/mol. The highest BCUT2D eigenvalue weighted by molar-refractivity contribution is 6.05. The maximum Gasteiger partial charge on any atom is 0.471 e. The Morgan fingerprint density at radius 3 is 2.49 bits per heavy atom. The van der Waals surface area contributed by atoms with Gasteiger partial charge in [0.2, 0.25) is 0 Å². The monoisotopic (exact) mass is 482 g/mol. The number of nitrogens with one attached hydrogen (secondary N) is 2. The first kappa shape index (κ1) is 22.8. The van der Waals surface area contributed by atoms with Gasteiger partial charge in [-0.05, 0) is 55.8 Å². The van der Waals surface area contributed by atoms with Crippen molar-refractivity contribution in [2.45, 2.75) is 25.1 Å². The van der Waals surface area contributed by atoms with Crippen LogP contribution in [0.2, 0.25) is 0 Å². The second kappa shape index (κ2) is 9.34. The molecule has 1 saturated heterocycles. The van der Waals surface area contributed by atoms with Crippen molar-refractivity contribution < 1.29 is 22.7 Å². The highest BCUT2D eigenvalue weighted by Gasteiger charge is 2.39. The van der Waals surface area contributed by atoms with Crippen LogP contribution in [0.3, 0.4) is 0 Å². The van der Waals surface area contributed by atoms with E-state index in [9.17, 15) is 18.0 Å². The third-order valence-corrected chi connectivity index (χ3v) is 5.70. The fourth-order valence-corrected chi connectivity index (χ4v) is 4.05. The van der Waals surface area contributed by atoms with Crippen molar-refractivity contribution in [3.8, 4) is 22.8 Å². The SMILES string of the molecule is O=C(Nc1ncnc2c1c(-c1ccc(Oc3ccccc3)cc1)nn2[C@H]1CCCNC1)C(F)(F)F. The molecule has 0 saturated carbocycles. The van der Waals surface area contributed by atoms with E-state index in [1.165, 1.54) is 0 Å². The molecule has 2 aromatic heterocycles. The summed E-state index contributed by atoms with van der Waals surface area (Å²) in [6.07, 6.45) is -2.17. The maximum absolute atomic E-state index is 13.0. The van der Waals surface area contributed by atoms with Crippen molar-refractivity contribution in [3.05, 3.63) is 60.9 Å². The molecule has 0 spiro atoms. The molecule has 4 aromatic rings. The lowest BCUT2D eigenvalue weighted by molar-refractivity contribution is -0.167. The molecule has 1 fully saturated rings. The van der Waals surface area contributed by atoms with Gasteiger partial charge in [0.15, 0.2) is 5.65 Å². The number of carbonyl (C=O) groups is 1. The summed E-state index contributed by atoms with van der Waals surface area (Å²) >= 11 is 0. The molecule has 0 radical (unpaired) electrons. The molecule has 5 rings (SSSR count). The molecule has 1 amide bonds. The Bertz CT molecular complexity index is 1330. The number of hydrogen-bond donors (Lipinski definition) is 2. The molecular formula is C24H21F3N6O2. The molecule has 0 aliphatic carbocycles. The summed E-state index contributed by atoms with van der Waals surface area (Å²) in [5, 5.41) is 10.2. The minimum absolute atomic E-state index is 0.0400. The zero-order valence-corrected chi connectivity index (χ0v) is 18.4. The number of ether oxygens (including phenoxy) is 1. The highest BCUT2D eigenvalue weighted by atomic mass is 19.4. The van der Waals surface area contributed by atoms with Crippen LogP contribution < -0.4 is 15.4 Å². The number of fused-ring (bicyclic) bond motifs is 1. The Morgan fingerprint density at radius 2 is 1.80 bits per heavy atom. The molecule has 2 aromatic carbocycles. The van der Waals surface area contributed by atoms with Crippen molar-refractivity contribution in [2.75, 3.05) is 18.4 Å². The summed E-state index contributed by atoms with van der Waals surface area (Å²) in [6, 6.07) is 16.2. The Kier molecular flexibility index (Phi) is 6.08. The van der Waals surface area contributed by atoms with Crippen LogP contribution in [-0.2, 0) is 4.79 Å². The number of carbonyl (C=O) groups excluding carboxylic acids is 1. The molecule has 0 bridgehead atoms. The lowest BCUT2D eigenvalue weighted by Crippen LogP contribution is -2.32. The standard InChI is InChI=1S/C24H21F3N6O2/c25-24(26,27)23(34)31-21-19-20(15-8-10-18(11-9-15)35-17-6-2-1-3-7-17)32-33(22(19)30-14-29-21)16-5-4-12-28-13-16/h1-3,6-11,14,16,28H,4-5,12-13H2,(H,29,30,31,34)/t16-/m0/s1. The van der Waals surface area contributed by atoms with Gasteiger partial charge in [0, 0.05) is 12.1 Å². The van der Waals surface area contributed by atoms with E-state index in [0.29, 0.717) is 34.9 Å². The molecular weight excluding hydrogens is 461 g/mol. The first-order chi connectivity index (χ1) is 16.9. The molecule has 1 aliphatic rings. The van der Waals surface area contributed by atoms with Gasteiger partial charge in [-0.1, -0.05) is 18.2 Å². The van der Waals surface area contributed by atoms with Crippen LogP contribution in [0, 0.1) is 0 Å². The van der Waals surface area contributed by atoms with Crippen LogP contribution in [-0.4, -0.2) is 44.9 Å². The van der Waals surface area contributed by atoms with Crippen molar-refractivity contribution >= 4 is 22.8 Å². The largest absolute Gasteiger partial charge is 0.471 e. The van der Waals surface area contributed by atoms with Crippen molar-refractivity contribution in [1.82, 2.24) is 25.1 Å². The van der Waals surface area contributed by atoms with Crippen molar-refractivity contribution in [3.63, 3.8) is 0 Å². The number of piperidine rings is 1. The number of para-hydroxylation sites is 1. The Labute approximate surface area is 198 Å². The molecule has 8 nitrogen and oxygen atoms in total. The van der Waals surface area contributed by atoms with E-state index < -0.39 is 12.1 Å². The Balaban J connectivity index is 1.57. The van der Waals surface area contributed by atoms with E-state index in [-0.39, 0.29) is 17.2 Å². The number of alkyl halides is 3. The second-order valence-electron chi connectivity index (χ2n) is 8.11. The number of rotatable bonds is 5. The van der Waals surface area contributed by atoms with E-state index in [2.05, 4.69) is 15.3 Å². The van der Waals surface area contributed by atoms with E-state index in [0.717, 1.165) is 25.7 Å². The van der Waals surface area contributed by atoms with Gasteiger partial charge in [-0.25, -0.2) is 14.6 Å². The summed E-state index contributed by atoms with van der Waals surface area (Å²) in [4.78, 5) is 20.0. The molecule has 2 N–H and O–H groups in total. The van der Waals surface area contributed by atoms with Gasteiger partial charge >= 0.3 is 12.1 Å². The summed E-state index contributed by atoms with van der Waals surface area (Å²) in [7, 11) is 0. The van der Waals surface area contributed by atoms with Crippen LogP contribution in [0.4, 0.5) is 19.0 Å². The molecule has 3 heterocycles. The van der Waals surface area contributed by atoms with E-state index in [1.807, 2.05) is 35.6 Å². The number of amides is 1. The average molecular weight is 482 g/mol. The topological polar surface area (TPSA) is 94.0 Å². The maximum atomic E-state index is 13.0. The van der Waals surface area contributed by atoms with Gasteiger partial charge < -0.3 is 15.4 Å². The molecule has 0 unspecified atom stereocenters. The first-order valence-electron chi connectivity index (χ1n) is 11.1. The van der Waals surface area contributed by atoms with Gasteiger partial charge in [-0.3, -0.25) is 4.79 Å². The van der Waals surface area contributed by atoms with Gasteiger partial charge in [-0.15, -0.1) is 0 Å². The smallest absolute Gasteiger partial charge is 0.457 e. The minimum Gasteiger partial charge on any atom is -0.457 e. The fraction of sp³-hybridized carbons (Fsp3) is 0.250. The fourth-order valence-electron chi connectivity index (χ4n) is 4.05. The predicted octanol–water partition coefficient (Wildman–Crippen LogP) is 4.71. The van der Waals surface area contributed by atoms with Crippen molar-refractivity contribution in [2.24, 2.45) is 0 Å². The minimum atomic E-state index is -5.06. The van der Waals surface area contributed by atoms with Gasteiger partial charge in [-0.2, -0.15) is 18.3 Å². The lowest BCUT2D eigenvalue weighted by atomic mass is 10.1. The van der Waals surface area contributed by atoms with Crippen LogP contribution in [0.15, 0.2) is 60.9 Å². The number of anilines is 1. The number of aromatic nitrogens is 4. The van der Waals surface area contributed by atoms with Gasteiger partial charge in [0.25, 0.3) is 0 Å². The Morgan fingerprint density at radius 1 is 1.06 bits per heavy atom. The summed E-state index contributed by atoms with van der Waals surface area (Å²) < 4.78 is 46.5. The van der Waals surface area contributed by atoms with Crippen LogP contribution >= 0.6 is 0 Å². The number of benzene rings is 2. The summed E-state index contributed by atoms with van der Waals surface area (Å²) in [5.41, 5.74) is 1.34. The van der Waals surface area contributed by atoms with E-state index in [1.54, 1.807) is 28.9 Å². The van der Waals surface area contributed by atoms with E-state index >= 15 is 0 Å². The first-order valence-corrected chi connectivity index (χ1v) is 11.1. The van der Waals surface area contributed by atoms with Gasteiger partial charge in [0.1, 0.15) is 29.3 Å². The van der Waals surface area contributed by atoms with Crippen molar-refractivity contribution in [1.29, 1.82) is 0 Å². The zero-order valence-electron chi connectivity index (χ0n) is 18.4. The summed E-state index contributed by atoms with van der Waals surface area (Å²) in [5.74, 6) is -1.10. The van der Waals surface area contributed by atoms with Crippen LogP contribution in [0.5, 0.6) is 11.5 Å². The molecule has 1 atom stereocenters. The lowest BCUT2D eigenvalue weighted by Gasteiger charge is -2.23. The number of hydrogen-bond acceptors (Lipinski definition) is 6. The van der Waals surface area contributed by atoms with Crippen LogP contribution in [0.25, 0.3) is 22.3 Å². The van der Waals surface area contributed by atoms with Gasteiger partial charge in [0.05, 0.1) is 11.4 Å². The molecule has 35 heavy (non-hydrogen) atoms. The van der Waals surface area contributed by atoms with Crippen LogP contribution in [0.1, 0.15) is 18.9 Å². The third-order valence-electron chi connectivity index (χ3n) is 5.70. The second-order valence-corrected chi connectivity index (χ2v) is 8.11. The molecule has 11 heteroatoms. The number of nitrogens with zero attached hydrogens (tertiary/aromatic N) is 4. The Hall–Kier alpha value is -3.99. The molecule has 180 valence electrons. The normalized spacial score (nSPS) is 16.3. The number of halogens is 3. The van der Waals surface area contributed by atoms with E-state index in [4.69, 9.17) is 9.84 Å². The quantitative estimate of drug-likeness (QED) is 0.428. The zero-order chi connectivity index (χ0) is 24.4. The average Bonchev–Trinajstić information content (AvgIpc) is 3.26. The highest BCUT2D eigenvalue weighted by Crippen LogP contribution is 2.35. The molecule has 1 aliphatic heterocycles.